The molecule has 0 aliphatic carbocycles. The van der Waals surface area contributed by atoms with Crippen LogP contribution in [0.2, 0.25) is 5.02 Å². The van der Waals surface area contributed by atoms with E-state index in [1.54, 1.807) is 38.1 Å². The lowest BCUT2D eigenvalue weighted by molar-refractivity contribution is 0.0506. The van der Waals surface area contributed by atoms with E-state index >= 15 is 0 Å². The van der Waals surface area contributed by atoms with Crippen molar-refractivity contribution in [2.24, 2.45) is 0 Å². The molecule has 0 unspecified atom stereocenters. The molecule has 0 bridgehead atoms. The number of ketones is 1. The fourth-order valence-electron chi connectivity index (χ4n) is 2.08. The van der Waals surface area contributed by atoms with Gasteiger partial charge in [-0.05, 0) is 38.1 Å². The number of imidazole rings is 1. The second-order valence-electron chi connectivity index (χ2n) is 4.95. The van der Waals surface area contributed by atoms with Gasteiger partial charge in [0.05, 0.1) is 19.8 Å². The number of hydrogen-bond acceptors (Lipinski definition) is 6. The number of nitrogens with zero attached hydrogens (tertiary/aromatic N) is 2. The van der Waals surface area contributed by atoms with Gasteiger partial charge in [0.15, 0.2) is 11.5 Å². The number of rotatable bonds is 7. The van der Waals surface area contributed by atoms with Crippen LogP contribution in [-0.2, 0) is 16.0 Å². The first kappa shape index (κ1) is 18.7. The summed E-state index contributed by atoms with van der Waals surface area (Å²) >= 11 is 5.81. The molecule has 7 nitrogen and oxygen atoms in total. The molecule has 0 aliphatic heterocycles. The van der Waals surface area contributed by atoms with Crippen molar-refractivity contribution in [2.75, 3.05) is 13.2 Å². The van der Waals surface area contributed by atoms with Crippen LogP contribution in [0.15, 0.2) is 30.5 Å². The van der Waals surface area contributed by atoms with E-state index in [4.69, 9.17) is 21.1 Å². The van der Waals surface area contributed by atoms with E-state index in [2.05, 4.69) is 4.98 Å². The third-order valence-electron chi connectivity index (χ3n) is 3.20. The summed E-state index contributed by atoms with van der Waals surface area (Å²) in [7, 11) is 0. The maximum Gasteiger partial charge on any atom is 0.374 e. The van der Waals surface area contributed by atoms with Crippen LogP contribution in [0.3, 0.4) is 0 Å². The Morgan fingerprint density at radius 1 is 1.04 bits per heavy atom. The molecule has 2 rings (SSSR count). The molecule has 1 aromatic carbocycles. The van der Waals surface area contributed by atoms with E-state index in [1.165, 1.54) is 10.8 Å². The van der Waals surface area contributed by atoms with Crippen molar-refractivity contribution in [1.29, 1.82) is 0 Å². The third kappa shape index (κ3) is 4.67. The maximum absolute atomic E-state index is 12.4. The molecule has 1 aromatic heterocycles. The summed E-state index contributed by atoms with van der Waals surface area (Å²) in [6.45, 7) is 3.44. The molecule has 8 heteroatoms. The lowest BCUT2D eigenvalue weighted by Gasteiger charge is -2.06. The van der Waals surface area contributed by atoms with Crippen molar-refractivity contribution in [2.45, 2.75) is 20.4 Å². The highest BCUT2D eigenvalue weighted by atomic mass is 35.5. The quantitative estimate of drug-likeness (QED) is 0.554. The lowest BCUT2D eigenvalue weighted by atomic mass is 10.1. The third-order valence-corrected chi connectivity index (χ3v) is 3.45. The van der Waals surface area contributed by atoms with Crippen molar-refractivity contribution in [3.8, 4) is 0 Å². The second-order valence-corrected chi connectivity index (χ2v) is 5.39. The van der Waals surface area contributed by atoms with Crippen LogP contribution in [0.1, 0.15) is 45.3 Å². The normalized spacial score (nSPS) is 10.4. The van der Waals surface area contributed by atoms with Crippen LogP contribution in [0.25, 0.3) is 0 Å². The average Bonchev–Trinajstić information content (AvgIpc) is 3.00. The molecule has 25 heavy (non-hydrogen) atoms. The van der Waals surface area contributed by atoms with Crippen molar-refractivity contribution in [3.05, 3.63) is 52.6 Å². The maximum atomic E-state index is 12.4. The van der Waals surface area contributed by atoms with Crippen LogP contribution < -0.4 is 0 Å². The number of hydrogen-bond donors (Lipinski definition) is 0. The smallest absolute Gasteiger partial charge is 0.374 e. The highest BCUT2D eigenvalue weighted by molar-refractivity contribution is 6.30. The molecule has 1 heterocycles. The van der Waals surface area contributed by atoms with Gasteiger partial charge in [-0.2, -0.15) is 0 Å². The van der Waals surface area contributed by atoms with Crippen LogP contribution in [0.4, 0.5) is 0 Å². The second kappa shape index (κ2) is 8.43. The Hall–Kier alpha value is -2.67. The van der Waals surface area contributed by atoms with Crippen LogP contribution in [-0.4, -0.2) is 40.5 Å². The van der Waals surface area contributed by atoms with Gasteiger partial charge in [-0.25, -0.2) is 14.6 Å². The summed E-state index contributed by atoms with van der Waals surface area (Å²) in [5.74, 6) is -1.80. The van der Waals surface area contributed by atoms with Crippen molar-refractivity contribution < 1.29 is 23.9 Å². The van der Waals surface area contributed by atoms with Gasteiger partial charge in [0.1, 0.15) is 0 Å². The number of Topliss-reactive ketones (excluding diaryl/α,β-unsaturated/α-hetero) is 1. The van der Waals surface area contributed by atoms with Gasteiger partial charge in [0.25, 0.3) is 0 Å². The zero-order chi connectivity index (χ0) is 18.4. The molecule has 0 amide bonds. The van der Waals surface area contributed by atoms with Crippen molar-refractivity contribution >= 4 is 29.3 Å². The van der Waals surface area contributed by atoms with Gasteiger partial charge in [-0.3, -0.25) is 4.79 Å². The molecule has 0 fully saturated rings. The molecule has 2 aromatic rings. The van der Waals surface area contributed by atoms with E-state index in [0.29, 0.717) is 10.6 Å². The average molecular weight is 365 g/mol. The molecule has 0 radical (unpaired) electrons. The Labute approximate surface area is 149 Å². The number of esters is 2. The number of carbonyl (C=O) groups excluding carboxylic acids is 3. The zero-order valence-corrected chi connectivity index (χ0v) is 14.6. The van der Waals surface area contributed by atoms with Crippen molar-refractivity contribution in [1.82, 2.24) is 9.55 Å². The molecule has 0 spiro atoms. The summed E-state index contributed by atoms with van der Waals surface area (Å²) in [5.41, 5.74) is 0.361. The molecule has 0 saturated heterocycles. The molecule has 132 valence electrons. The first-order chi connectivity index (χ1) is 12.0. The number of ether oxygens (including phenoxy) is 2. The van der Waals surface area contributed by atoms with E-state index in [0.717, 1.165) is 0 Å². The van der Waals surface area contributed by atoms with Crippen molar-refractivity contribution in [3.63, 3.8) is 0 Å². The minimum Gasteiger partial charge on any atom is -0.461 e. The van der Waals surface area contributed by atoms with Gasteiger partial charge in [0.2, 0.25) is 5.82 Å². The monoisotopic (exact) mass is 364 g/mol. The molecule has 0 saturated carbocycles. The van der Waals surface area contributed by atoms with Crippen LogP contribution in [0.5, 0.6) is 0 Å². The van der Waals surface area contributed by atoms with Gasteiger partial charge in [0, 0.05) is 16.8 Å². The minimum absolute atomic E-state index is 0.0613. The van der Waals surface area contributed by atoms with E-state index in [9.17, 15) is 14.4 Å². The Balaban J connectivity index is 2.30. The fraction of sp³-hybridized carbons (Fsp3) is 0.294. The standard InChI is InChI=1S/C17H17ClN2O5/c1-3-24-16(22)13-9-20(15(19-13)17(23)25-4-2)10-14(21)11-5-7-12(18)8-6-11/h5-9H,3-4,10H2,1-2H3. The minimum atomic E-state index is -0.720. The largest absolute Gasteiger partial charge is 0.461 e. The van der Waals surface area contributed by atoms with E-state index < -0.39 is 11.9 Å². The Morgan fingerprint density at radius 3 is 2.24 bits per heavy atom. The van der Waals surface area contributed by atoms with Gasteiger partial charge >= 0.3 is 11.9 Å². The predicted molar refractivity (Wildman–Crippen MR) is 89.9 cm³/mol. The predicted octanol–water partition coefficient (Wildman–Crippen LogP) is 2.77. The SMILES string of the molecule is CCOC(=O)c1cn(CC(=O)c2ccc(Cl)cc2)c(C(=O)OCC)n1. The van der Waals surface area contributed by atoms with E-state index in [-0.39, 0.29) is 37.1 Å². The molecular formula is C17H17ClN2O5. The molecular weight excluding hydrogens is 348 g/mol. The summed E-state index contributed by atoms with van der Waals surface area (Å²) in [4.78, 5) is 40.2. The van der Waals surface area contributed by atoms with Crippen LogP contribution in [0, 0.1) is 0 Å². The summed E-state index contributed by atoms with van der Waals surface area (Å²) in [6.07, 6.45) is 1.30. The topological polar surface area (TPSA) is 87.5 Å². The summed E-state index contributed by atoms with van der Waals surface area (Å²) < 4.78 is 11.1. The lowest BCUT2D eigenvalue weighted by Crippen LogP contribution is -2.17. The number of halogens is 1. The van der Waals surface area contributed by atoms with Crippen LogP contribution >= 0.6 is 11.6 Å². The van der Waals surface area contributed by atoms with Gasteiger partial charge in [-0.15, -0.1) is 0 Å². The Morgan fingerprint density at radius 2 is 1.64 bits per heavy atom. The van der Waals surface area contributed by atoms with Gasteiger partial charge in [-0.1, -0.05) is 11.6 Å². The van der Waals surface area contributed by atoms with E-state index in [1.807, 2.05) is 0 Å². The zero-order valence-electron chi connectivity index (χ0n) is 13.8. The Kier molecular flexibility index (Phi) is 6.30. The first-order valence-corrected chi connectivity index (χ1v) is 8.04. The molecule has 0 atom stereocenters. The number of carbonyl (C=O) groups is 3. The number of benzene rings is 1. The number of aromatic nitrogens is 2. The highest BCUT2D eigenvalue weighted by Gasteiger charge is 2.22. The summed E-state index contributed by atoms with van der Waals surface area (Å²) in [6, 6.07) is 6.35. The molecule has 0 N–H and O–H groups in total. The summed E-state index contributed by atoms with van der Waals surface area (Å²) in [5, 5.41) is 0.510. The fourth-order valence-corrected chi connectivity index (χ4v) is 2.21. The molecule has 0 aliphatic rings. The Bertz CT molecular complexity index is 783. The first-order valence-electron chi connectivity index (χ1n) is 7.66. The highest BCUT2D eigenvalue weighted by Crippen LogP contribution is 2.13. The van der Waals surface area contributed by atoms with Gasteiger partial charge < -0.3 is 14.0 Å².